The molecule has 0 spiro atoms. The third kappa shape index (κ3) is 3.23. The molecule has 1 rings (SSSR count). The monoisotopic (exact) mass is 210 g/mol. The van der Waals surface area contributed by atoms with Gasteiger partial charge in [0.25, 0.3) is 0 Å². The van der Waals surface area contributed by atoms with Crippen molar-refractivity contribution in [2.45, 2.75) is 19.9 Å². The molecule has 0 aliphatic rings. The standard InChI is InChI=1S/C9H18N6/c1-4-8-14-13-7-15(8)6-5-12-9(10-2)11-3/h7H,4-6H2,1-3H3,(H2,10,11,12). The molecule has 15 heavy (non-hydrogen) atoms. The molecule has 0 aliphatic carbocycles. The molecule has 0 atom stereocenters. The van der Waals surface area contributed by atoms with Gasteiger partial charge in [0.05, 0.1) is 0 Å². The fraction of sp³-hybridized carbons (Fsp3) is 0.667. The Balaban J connectivity index is 2.37. The minimum absolute atomic E-state index is 0.793. The van der Waals surface area contributed by atoms with Crippen LogP contribution in [0.4, 0.5) is 0 Å². The third-order valence-electron chi connectivity index (χ3n) is 2.12. The molecule has 0 radical (unpaired) electrons. The Labute approximate surface area is 89.8 Å². The number of nitrogens with one attached hydrogen (secondary N) is 2. The van der Waals surface area contributed by atoms with Crippen molar-refractivity contribution < 1.29 is 0 Å². The largest absolute Gasteiger partial charge is 0.359 e. The summed E-state index contributed by atoms with van der Waals surface area (Å²) >= 11 is 0. The van der Waals surface area contributed by atoms with Gasteiger partial charge in [-0.05, 0) is 0 Å². The highest BCUT2D eigenvalue weighted by Gasteiger charge is 2.00. The van der Waals surface area contributed by atoms with Crippen molar-refractivity contribution in [1.82, 2.24) is 25.4 Å². The van der Waals surface area contributed by atoms with Gasteiger partial charge in [0.15, 0.2) is 5.96 Å². The predicted molar refractivity (Wildman–Crippen MR) is 59.8 cm³/mol. The van der Waals surface area contributed by atoms with Crippen molar-refractivity contribution in [2.75, 3.05) is 20.6 Å². The number of hydrogen-bond acceptors (Lipinski definition) is 3. The summed E-state index contributed by atoms with van der Waals surface area (Å²) < 4.78 is 2.04. The van der Waals surface area contributed by atoms with E-state index in [1.54, 1.807) is 13.4 Å². The lowest BCUT2D eigenvalue weighted by Crippen LogP contribution is -2.36. The second-order valence-corrected chi connectivity index (χ2v) is 3.04. The maximum absolute atomic E-state index is 4.02. The van der Waals surface area contributed by atoms with Crippen molar-refractivity contribution in [2.24, 2.45) is 4.99 Å². The van der Waals surface area contributed by atoms with Crippen molar-refractivity contribution >= 4 is 5.96 Å². The minimum atomic E-state index is 0.793. The minimum Gasteiger partial charge on any atom is -0.359 e. The molecule has 1 heterocycles. The summed E-state index contributed by atoms with van der Waals surface area (Å²) in [7, 11) is 3.58. The Kier molecular flexibility index (Phi) is 4.59. The molecule has 1 aromatic rings. The smallest absolute Gasteiger partial charge is 0.190 e. The highest BCUT2D eigenvalue weighted by molar-refractivity contribution is 5.79. The van der Waals surface area contributed by atoms with Crippen LogP contribution in [-0.2, 0) is 13.0 Å². The summed E-state index contributed by atoms with van der Waals surface area (Å²) in [4.78, 5) is 4.02. The summed E-state index contributed by atoms with van der Waals surface area (Å²) in [5.41, 5.74) is 0. The lowest BCUT2D eigenvalue weighted by molar-refractivity contribution is 0.635. The van der Waals surface area contributed by atoms with E-state index in [4.69, 9.17) is 0 Å². The molecule has 84 valence electrons. The van der Waals surface area contributed by atoms with E-state index in [1.807, 2.05) is 11.6 Å². The van der Waals surface area contributed by atoms with Crippen LogP contribution in [0.25, 0.3) is 0 Å². The lowest BCUT2D eigenvalue weighted by atomic mass is 10.4. The molecule has 0 amide bonds. The Morgan fingerprint density at radius 3 is 3.00 bits per heavy atom. The van der Waals surface area contributed by atoms with Crippen LogP contribution in [0.2, 0.25) is 0 Å². The molecule has 6 heteroatoms. The SMILES string of the molecule is CCc1nncn1CCNC(=NC)NC. The Morgan fingerprint density at radius 1 is 1.60 bits per heavy atom. The van der Waals surface area contributed by atoms with Gasteiger partial charge in [0.1, 0.15) is 12.2 Å². The number of aryl methyl sites for hydroxylation is 1. The number of guanidine groups is 1. The van der Waals surface area contributed by atoms with Gasteiger partial charge in [-0.3, -0.25) is 4.99 Å². The molecule has 0 aromatic carbocycles. The van der Waals surface area contributed by atoms with Crippen LogP contribution in [0.5, 0.6) is 0 Å². The van der Waals surface area contributed by atoms with Crippen LogP contribution in [-0.4, -0.2) is 41.4 Å². The van der Waals surface area contributed by atoms with Crippen LogP contribution in [0.3, 0.4) is 0 Å². The lowest BCUT2D eigenvalue weighted by Gasteiger charge is -2.09. The van der Waals surface area contributed by atoms with Gasteiger partial charge >= 0.3 is 0 Å². The second-order valence-electron chi connectivity index (χ2n) is 3.04. The molecule has 0 unspecified atom stereocenters. The number of rotatable bonds is 4. The molecule has 0 aliphatic heterocycles. The average molecular weight is 210 g/mol. The number of aromatic nitrogens is 3. The Bertz CT molecular complexity index is 316. The highest BCUT2D eigenvalue weighted by atomic mass is 15.3. The normalized spacial score (nSPS) is 11.5. The summed E-state index contributed by atoms with van der Waals surface area (Å²) in [6.07, 6.45) is 2.66. The molecule has 0 saturated heterocycles. The van der Waals surface area contributed by atoms with Crippen LogP contribution >= 0.6 is 0 Å². The van der Waals surface area contributed by atoms with Crippen LogP contribution in [0, 0.1) is 0 Å². The maximum atomic E-state index is 4.02. The predicted octanol–water partition coefficient (Wildman–Crippen LogP) is -0.365. The van der Waals surface area contributed by atoms with Crippen molar-refractivity contribution in [3.05, 3.63) is 12.2 Å². The molecule has 2 N–H and O–H groups in total. The number of aliphatic imine (C=N–C) groups is 1. The first-order chi connectivity index (χ1) is 7.31. The second kappa shape index (κ2) is 6.00. The fourth-order valence-corrected chi connectivity index (χ4v) is 1.31. The van der Waals surface area contributed by atoms with E-state index >= 15 is 0 Å². The van der Waals surface area contributed by atoms with Gasteiger partial charge in [0.2, 0.25) is 0 Å². The van der Waals surface area contributed by atoms with Crippen LogP contribution in [0.15, 0.2) is 11.3 Å². The highest BCUT2D eigenvalue weighted by Crippen LogP contribution is 1.94. The Morgan fingerprint density at radius 2 is 2.40 bits per heavy atom. The fourth-order valence-electron chi connectivity index (χ4n) is 1.31. The van der Waals surface area contributed by atoms with E-state index in [0.29, 0.717) is 0 Å². The quantitative estimate of drug-likeness (QED) is 0.526. The van der Waals surface area contributed by atoms with Gasteiger partial charge < -0.3 is 15.2 Å². The zero-order valence-corrected chi connectivity index (χ0v) is 9.49. The first-order valence-corrected chi connectivity index (χ1v) is 5.06. The molecule has 0 saturated carbocycles. The first-order valence-electron chi connectivity index (χ1n) is 5.06. The van der Waals surface area contributed by atoms with E-state index < -0.39 is 0 Å². The van der Waals surface area contributed by atoms with Gasteiger partial charge in [-0.15, -0.1) is 10.2 Å². The molecule has 0 bridgehead atoms. The molecular formula is C9H18N6. The zero-order chi connectivity index (χ0) is 11.1. The van der Waals surface area contributed by atoms with E-state index in [9.17, 15) is 0 Å². The maximum Gasteiger partial charge on any atom is 0.190 e. The van der Waals surface area contributed by atoms with Crippen molar-refractivity contribution in [3.8, 4) is 0 Å². The molecule has 0 fully saturated rings. The van der Waals surface area contributed by atoms with E-state index in [-0.39, 0.29) is 0 Å². The molecular weight excluding hydrogens is 192 g/mol. The van der Waals surface area contributed by atoms with E-state index in [2.05, 4.69) is 32.7 Å². The number of nitrogens with zero attached hydrogens (tertiary/aromatic N) is 4. The first kappa shape index (κ1) is 11.5. The molecule has 1 aromatic heterocycles. The van der Waals surface area contributed by atoms with Gasteiger partial charge in [-0.25, -0.2) is 0 Å². The third-order valence-corrected chi connectivity index (χ3v) is 2.12. The summed E-state index contributed by atoms with van der Waals surface area (Å²) in [6.45, 7) is 3.72. The topological polar surface area (TPSA) is 67.1 Å². The van der Waals surface area contributed by atoms with Crippen molar-refractivity contribution in [3.63, 3.8) is 0 Å². The van der Waals surface area contributed by atoms with Gasteiger partial charge in [0, 0.05) is 33.6 Å². The summed E-state index contributed by atoms with van der Waals surface area (Å²) in [6, 6.07) is 0. The van der Waals surface area contributed by atoms with Crippen molar-refractivity contribution in [1.29, 1.82) is 0 Å². The van der Waals surface area contributed by atoms with Crippen LogP contribution in [0.1, 0.15) is 12.7 Å². The summed E-state index contributed by atoms with van der Waals surface area (Å²) in [5.74, 6) is 1.80. The average Bonchev–Trinajstić information content (AvgIpc) is 2.72. The zero-order valence-electron chi connectivity index (χ0n) is 9.49. The summed E-state index contributed by atoms with van der Waals surface area (Å²) in [5, 5.41) is 14.0. The Hall–Kier alpha value is -1.59. The molecule has 6 nitrogen and oxygen atoms in total. The van der Waals surface area contributed by atoms with Crippen LogP contribution < -0.4 is 10.6 Å². The van der Waals surface area contributed by atoms with E-state index in [1.165, 1.54) is 0 Å². The van der Waals surface area contributed by atoms with E-state index in [0.717, 1.165) is 31.3 Å². The number of hydrogen-bond donors (Lipinski definition) is 2. The van der Waals surface area contributed by atoms with Gasteiger partial charge in [-0.1, -0.05) is 6.92 Å². The van der Waals surface area contributed by atoms with Gasteiger partial charge in [-0.2, -0.15) is 0 Å².